The van der Waals surface area contributed by atoms with Crippen LogP contribution in [-0.2, 0) is 11.2 Å². The van der Waals surface area contributed by atoms with Crippen LogP contribution in [0.3, 0.4) is 0 Å². The van der Waals surface area contributed by atoms with Gasteiger partial charge in [-0.25, -0.2) is 9.69 Å². The van der Waals surface area contributed by atoms with Gasteiger partial charge in [-0.2, -0.15) is 0 Å². The molecular weight excluding hydrogens is 464 g/mol. The van der Waals surface area contributed by atoms with Crippen molar-refractivity contribution in [3.8, 4) is 0 Å². The Balaban J connectivity index is 1.40. The normalized spacial score (nSPS) is 16.6. The highest BCUT2D eigenvalue weighted by Gasteiger charge is 2.36. The van der Waals surface area contributed by atoms with Crippen molar-refractivity contribution in [2.24, 2.45) is 0 Å². The summed E-state index contributed by atoms with van der Waals surface area (Å²) >= 11 is 1.43. The Bertz CT molecular complexity index is 1320. The average Bonchev–Trinajstić information content (AvgIpc) is 3.35. The highest BCUT2D eigenvalue weighted by molar-refractivity contribution is 7.17. The molecule has 0 spiro atoms. The molecule has 2 heterocycles. The van der Waals surface area contributed by atoms with Crippen molar-refractivity contribution in [1.82, 2.24) is 0 Å². The number of carbonyl (C=O) groups is 4. The number of thiophene rings is 1. The van der Waals surface area contributed by atoms with Crippen LogP contribution < -0.4 is 10.2 Å². The van der Waals surface area contributed by atoms with Gasteiger partial charge in [0.1, 0.15) is 5.00 Å². The van der Waals surface area contributed by atoms with Crippen LogP contribution >= 0.6 is 11.3 Å². The van der Waals surface area contributed by atoms with Crippen LogP contribution in [0, 0.1) is 0 Å². The standard InChI is InChI=1S/C27H24N2O5S/c1-3-34-27(33)22-21-15(2)7-6-10-20(21)35-24(22)28-23(30)16-11-13-17(14-12-16)29-25(31)18-8-4-5-9-19(18)26(29)32/h4-5,8-9,11-15H,3,6-7,10H2,1-2H3,(H,28,30). The van der Waals surface area contributed by atoms with Crippen LogP contribution in [0.15, 0.2) is 48.5 Å². The number of nitrogens with one attached hydrogen (secondary N) is 1. The zero-order valence-corrected chi connectivity index (χ0v) is 20.2. The third kappa shape index (κ3) is 3.93. The van der Waals surface area contributed by atoms with E-state index in [0.29, 0.717) is 32.9 Å². The van der Waals surface area contributed by atoms with Crippen LogP contribution in [0.5, 0.6) is 0 Å². The van der Waals surface area contributed by atoms with Gasteiger partial charge in [0, 0.05) is 10.4 Å². The third-order valence-electron chi connectivity index (χ3n) is 6.44. The molecule has 0 saturated carbocycles. The van der Waals surface area contributed by atoms with Crippen molar-refractivity contribution in [2.45, 2.75) is 39.0 Å². The van der Waals surface area contributed by atoms with Crippen molar-refractivity contribution < 1.29 is 23.9 Å². The molecule has 1 aliphatic heterocycles. The van der Waals surface area contributed by atoms with Crippen LogP contribution in [0.25, 0.3) is 0 Å². The molecule has 178 valence electrons. The molecule has 8 heteroatoms. The van der Waals surface area contributed by atoms with Gasteiger partial charge in [-0.3, -0.25) is 14.4 Å². The number of benzene rings is 2. The first-order chi connectivity index (χ1) is 16.9. The number of fused-ring (bicyclic) bond motifs is 2. The number of anilines is 2. The Morgan fingerprint density at radius 1 is 1.06 bits per heavy atom. The first-order valence-electron chi connectivity index (χ1n) is 11.6. The first kappa shape index (κ1) is 23.0. The molecule has 1 unspecified atom stereocenters. The summed E-state index contributed by atoms with van der Waals surface area (Å²) in [7, 11) is 0. The number of hydrogen-bond acceptors (Lipinski definition) is 6. The third-order valence-corrected chi connectivity index (χ3v) is 7.62. The lowest BCUT2D eigenvalue weighted by molar-refractivity contribution is 0.0525. The molecule has 2 aliphatic rings. The number of esters is 1. The number of imide groups is 1. The minimum atomic E-state index is -0.421. The van der Waals surface area contributed by atoms with E-state index >= 15 is 0 Å². The summed E-state index contributed by atoms with van der Waals surface area (Å²) < 4.78 is 5.30. The molecule has 0 fully saturated rings. The highest BCUT2D eigenvalue weighted by Crippen LogP contribution is 2.44. The SMILES string of the molecule is CCOC(=O)c1c(NC(=O)c2ccc(N3C(=O)c4ccccc4C3=O)cc2)sc2c1C(C)CCC2. The molecule has 35 heavy (non-hydrogen) atoms. The lowest BCUT2D eigenvalue weighted by atomic mass is 9.86. The molecule has 7 nitrogen and oxygen atoms in total. The smallest absolute Gasteiger partial charge is 0.341 e. The van der Waals surface area contributed by atoms with Gasteiger partial charge in [-0.1, -0.05) is 19.1 Å². The lowest BCUT2D eigenvalue weighted by Crippen LogP contribution is -2.29. The van der Waals surface area contributed by atoms with Gasteiger partial charge in [-0.15, -0.1) is 11.3 Å². The maximum atomic E-state index is 13.1. The van der Waals surface area contributed by atoms with Gasteiger partial charge >= 0.3 is 5.97 Å². The number of amides is 3. The number of nitrogens with zero attached hydrogens (tertiary/aromatic N) is 1. The molecule has 1 N–H and O–H groups in total. The van der Waals surface area contributed by atoms with E-state index in [1.807, 2.05) is 0 Å². The molecule has 1 atom stereocenters. The topological polar surface area (TPSA) is 92.8 Å². The average molecular weight is 489 g/mol. The molecule has 1 aliphatic carbocycles. The van der Waals surface area contributed by atoms with E-state index in [1.165, 1.54) is 11.3 Å². The van der Waals surface area contributed by atoms with Crippen molar-refractivity contribution in [2.75, 3.05) is 16.8 Å². The van der Waals surface area contributed by atoms with Crippen LogP contribution in [0.4, 0.5) is 10.7 Å². The molecule has 3 amide bonds. The van der Waals surface area contributed by atoms with Crippen molar-refractivity contribution in [1.29, 1.82) is 0 Å². The maximum Gasteiger partial charge on any atom is 0.341 e. The van der Waals surface area contributed by atoms with E-state index in [4.69, 9.17) is 4.74 Å². The van der Waals surface area contributed by atoms with E-state index in [2.05, 4.69) is 12.2 Å². The van der Waals surface area contributed by atoms with Crippen molar-refractivity contribution >= 4 is 45.7 Å². The summed E-state index contributed by atoms with van der Waals surface area (Å²) in [5.74, 6) is -1.36. The van der Waals surface area contributed by atoms with Gasteiger partial charge in [0.2, 0.25) is 0 Å². The quantitative estimate of drug-likeness (QED) is 0.383. The van der Waals surface area contributed by atoms with Gasteiger partial charge in [0.25, 0.3) is 17.7 Å². The summed E-state index contributed by atoms with van der Waals surface area (Å²) in [5, 5.41) is 3.39. The summed E-state index contributed by atoms with van der Waals surface area (Å²) in [6.45, 7) is 4.11. The zero-order chi connectivity index (χ0) is 24.7. The molecule has 0 radical (unpaired) electrons. The monoisotopic (exact) mass is 488 g/mol. The maximum absolute atomic E-state index is 13.1. The van der Waals surface area contributed by atoms with E-state index in [1.54, 1.807) is 55.5 Å². The van der Waals surface area contributed by atoms with Gasteiger partial charge in [-0.05, 0) is 74.1 Å². The van der Waals surface area contributed by atoms with Gasteiger partial charge in [0.15, 0.2) is 0 Å². The summed E-state index contributed by atoms with van der Waals surface area (Å²) in [4.78, 5) is 53.5. The Labute approximate surface area is 206 Å². The van der Waals surface area contributed by atoms with E-state index < -0.39 is 5.97 Å². The van der Waals surface area contributed by atoms with Crippen LogP contribution in [0.1, 0.15) is 84.5 Å². The fourth-order valence-electron chi connectivity index (χ4n) is 4.77. The number of ether oxygens (including phenoxy) is 1. The highest BCUT2D eigenvalue weighted by atomic mass is 32.1. The molecule has 5 rings (SSSR count). The second-order valence-electron chi connectivity index (χ2n) is 8.65. The molecule has 2 aromatic carbocycles. The number of rotatable bonds is 5. The Morgan fingerprint density at radius 2 is 1.71 bits per heavy atom. The predicted octanol–water partition coefficient (Wildman–Crippen LogP) is 5.42. The number of aryl methyl sites for hydroxylation is 1. The summed E-state index contributed by atoms with van der Waals surface area (Å²) in [6, 6.07) is 13.0. The predicted molar refractivity (Wildman–Crippen MR) is 134 cm³/mol. The summed E-state index contributed by atoms with van der Waals surface area (Å²) in [6.07, 6.45) is 2.91. The second-order valence-corrected chi connectivity index (χ2v) is 9.75. The van der Waals surface area contributed by atoms with E-state index in [0.717, 1.165) is 34.6 Å². The molecule has 0 saturated heterocycles. The van der Waals surface area contributed by atoms with Gasteiger partial charge in [0.05, 0.1) is 29.0 Å². The van der Waals surface area contributed by atoms with E-state index in [-0.39, 0.29) is 30.2 Å². The lowest BCUT2D eigenvalue weighted by Gasteiger charge is -2.19. The Morgan fingerprint density at radius 3 is 2.34 bits per heavy atom. The number of carbonyl (C=O) groups excluding carboxylic acids is 4. The second kappa shape index (κ2) is 9.11. The van der Waals surface area contributed by atoms with Crippen LogP contribution in [-0.4, -0.2) is 30.3 Å². The zero-order valence-electron chi connectivity index (χ0n) is 19.4. The van der Waals surface area contributed by atoms with Crippen LogP contribution in [0.2, 0.25) is 0 Å². The number of hydrogen-bond donors (Lipinski definition) is 1. The van der Waals surface area contributed by atoms with Gasteiger partial charge < -0.3 is 10.1 Å². The largest absolute Gasteiger partial charge is 0.462 e. The Hall–Kier alpha value is -3.78. The minimum absolute atomic E-state index is 0.221. The molecule has 3 aromatic rings. The fourth-order valence-corrected chi connectivity index (χ4v) is 6.11. The van der Waals surface area contributed by atoms with Crippen molar-refractivity contribution in [3.63, 3.8) is 0 Å². The first-order valence-corrected chi connectivity index (χ1v) is 12.4. The molecule has 1 aromatic heterocycles. The Kier molecular flexibility index (Phi) is 5.98. The van der Waals surface area contributed by atoms with E-state index in [9.17, 15) is 19.2 Å². The van der Waals surface area contributed by atoms with Crippen molar-refractivity contribution in [3.05, 3.63) is 81.2 Å². The summed E-state index contributed by atoms with van der Waals surface area (Å²) in [5.41, 5.74) is 2.90. The fraction of sp³-hybridized carbons (Fsp3) is 0.259. The molecule has 0 bridgehead atoms. The minimum Gasteiger partial charge on any atom is -0.462 e. The molecular formula is C27H24N2O5S.